The van der Waals surface area contributed by atoms with Crippen LogP contribution in [0.25, 0.3) is 11.0 Å². The van der Waals surface area contributed by atoms with Gasteiger partial charge in [-0.25, -0.2) is 0 Å². The van der Waals surface area contributed by atoms with E-state index in [1.54, 1.807) is 12.3 Å². The van der Waals surface area contributed by atoms with Crippen molar-refractivity contribution in [2.24, 2.45) is 0 Å². The van der Waals surface area contributed by atoms with E-state index in [0.29, 0.717) is 28.3 Å². The van der Waals surface area contributed by atoms with Crippen molar-refractivity contribution in [3.8, 4) is 0 Å². The van der Waals surface area contributed by atoms with Gasteiger partial charge >= 0.3 is 0 Å². The van der Waals surface area contributed by atoms with E-state index in [1.807, 2.05) is 13.0 Å². The molecule has 0 saturated carbocycles. The topological polar surface area (TPSA) is 171 Å². The molecule has 4 aromatic rings. The molecule has 30 heavy (non-hydrogen) atoms. The summed E-state index contributed by atoms with van der Waals surface area (Å²) in [6.45, 7) is 2.56. The van der Waals surface area contributed by atoms with Crippen LogP contribution in [0.5, 0.6) is 0 Å². The molecule has 0 spiro atoms. The molecule has 0 radical (unpaired) electrons. The monoisotopic (exact) mass is 427 g/mol. The zero-order chi connectivity index (χ0) is 21.1. The zero-order valence-electron chi connectivity index (χ0n) is 16.2. The van der Waals surface area contributed by atoms with Crippen LogP contribution in [0.15, 0.2) is 23.1 Å². The first kappa shape index (κ1) is 19.8. The molecule has 1 amide bonds. The van der Waals surface area contributed by atoms with Gasteiger partial charge in [0.2, 0.25) is 5.95 Å². The van der Waals surface area contributed by atoms with Gasteiger partial charge in [0.1, 0.15) is 5.65 Å². The number of tetrazole rings is 1. The Balaban J connectivity index is 1.37. The number of carbonyl (C=O) groups excluding carboxylic acids is 1. The quantitative estimate of drug-likeness (QED) is 0.264. The van der Waals surface area contributed by atoms with Crippen molar-refractivity contribution >= 4 is 34.2 Å². The summed E-state index contributed by atoms with van der Waals surface area (Å²) in [6, 6.07) is 3.72. The average molecular weight is 427 g/mol. The van der Waals surface area contributed by atoms with Gasteiger partial charge in [-0.15, -0.1) is 21.5 Å². The van der Waals surface area contributed by atoms with E-state index in [-0.39, 0.29) is 23.3 Å². The lowest BCUT2D eigenvalue weighted by Gasteiger charge is -2.08. The molecule has 1 unspecified atom stereocenters. The van der Waals surface area contributed by atoms with Crippen LogP contribution in [-0.4, -0.2) is 48.0 Å². The average Bonchev–Trinajstić information content (AvgIpc) is 3.47. The summed E-state index contributed by atoms with van der Waals surface area (Å²) in [5, 5.41) is 17.1. The molecule has 4 aromatic heterocycles. The first-order valence-corrected chi connectivity index (χ1v) is 10.3. The lowest BCUT2D eigenvalue weighted by Crippen LogP contribution is -2.23. The predicted octanol–water partition coefficient (Wildman–Crippen LogP) is 1.31. The van der Waals surface area contributed by atoms with Crippen LogP contribution in [0.4, 0.5) is 5.95 Å². The molecule has 6 N–H and O–H groups in total. The molecule has 0 bridgehead atoms. The lowest BCUT2D eigenvalue weighted by molar-refractivity contribution is 0.0957. The number of nitrogens with zero attached hydrogens (tertiary/aromatic N) is 4. The number of anilines is 1. The van der Waals surface area contributed by atoms with Crippen molar-refractivity contribution in [2.45, 2.75) is 32.1 Å². The van der Waals surface area contributed by atoms with Gasteiger partial charge in [-0.3, -0.25) is 14.6 Å². The molecule has 4 heterocycles. The van der Waals surface area contributed by atoms with Gasteiger partial charge in [0.05, 0.1) is 10.3 Å². The summed E-state index contributed by atoms with van der Waals surface area (Å²) in [7, 11) is 0. The third kappa shape index (κ3) is 4.08. The number of aryl methyl sites for hydroxylation is 1. The maximum atomic E-state index is 12.4. The summed E-state index contributed by atoms with van der Waals surface area (Å²) in [6.07, 6.45) is 4.17. The van der Waals surface area contributed by atoms with Crippen molar-refractivity contribution < 1.29 is 4.79 Å². The van der Waals surface area contributed by atoms with Crippen molar-refractivity contribution in [3.05, 3.63) is 49.8 Å². The van der Waals surface area contributed by atoms with Gasteiger partial charge in [0.15, 0.2) is 5.82 Å². The number of fused-ring (bicyclic) bond motifs is 1. The zero-order valence-corrected chi connectivity index (χ0v) is 17.0. The Bertz CT molecular complexity index is 1210. The fourth-order valence-corrected chi connectivity index (χ4v) is 4.26. The first-order chi connectivity index (χ1) is 14.5. The molecule has 0 aromatic carbocycles. The van der Waals surface area contributed by atoms with Gasteiger partial charge in [-0.2, -0.15) is 10.2 Å². The van der Waals surface area contributed by atoms with Crippen LogP contribution in [0.3, 0.4) is 0 Å². The summed E-state index contributed by atoms with van der Waals surface area (Å²) in [4.78, 5) is 36.0. The number of hydrogen-bond acceptors (Lipinski definition) is 8. The molecule has 0 fully saturated rings. The number of aromatic amines is 3. The Hall–Kier alpha value is -3.54. The summed E-state index contributed by atoms with van der Waals surface area (Å²) < 4.78 is 0. The van der Waals surface area contributed by atoms with Crippen LogP contribution in [0.1, 0.15) is 51.6 Å². The van der Waals surface area contributed by atoms with Crippen LogP contribution < -0.4 is 16.6 Å². The molecular weight excluding hydrogens is 406 g/mol. The number of aromatic nitrogens is 7. The van der Waals surface area contributed by atoms with E-state index in [1.165, 1.54) is 11.3 Å². The smallest absolute Gasteiger partial charge is 0.262 e. The number of nitrogen functional groups attached to an aromatic ring is 1. The number of H-pyrrole nitrogens is 3. The highest BCUT2D eigenvalue weighted by molar-refractivity contribution is 7.14. The Morgan fingerprint density at radius 2 is 2.20 bits per heavy atom. The van der Waals surface area contributed by atoms with Gasteiger partial charge in [-0.1, -0.05) is 12.1 Å². The minimum absolute atomic E-state index is 0.0703. The molecule has 156 valence electrons. The maximum absolute atomic E-state index is 12.4. The SMILES string of the molecule is CC(c1ccc(C(=O)NCCCCc2nn[nH]n2)s1)c1c[nH]c2nc(N)[nH]c(=O)c12. The van der Waals surface area contributed by atoms with Crippen molar-refractivity contribution in [1.82, 2.24) is 40.9 Å². The van der Waals surface area contributed by atoms with Gasteiger partial charge < -0.3 is 16.0 Å². The number of hydrogen-bond donors (Lipinski definition) is 5. The van der Waals surface area contributed by atoms with E-state index in [4.69, 9.17) is 5.73 Å². The van der Waals surface area contributed by atoms with Crippen LogP contribution in [-0.2, 0) is 6.42 Å². The number of nitrogens with two attached hydrogens (primary N) is 1. The fourth-order valence-electron chi connectivity index (χ4n) is 3.27. The minimum Gasteiger partial charge on any atom is -0.369 e. The Labute approximate surface area is 174 Å². The highest BCUT2D eigenvalue weighted by Gasteiger charge is 2.20. The molecule has 11 nitrogen and oxygen atoms in total. The molecule has 0 aliphatic rings. The Morgan fingerprint density at radius 3 is 3.00 bits per heavy atom. The predicted molar refractivity (Wildman–Crippen MR) is 112 cm³/mol. The second-order valence-corrected chi connectivity index (χ2v) is 8.00. The summed E-state index contributed by atoms with van der Waals surface area (Å²) in [5.41, 5.74) is 6.59. The third-order valence-electron chi connectivity index (χ3n) is 4.84. The van der Waals surface area contributed by atoms with E-state index < -0.39 is 0 Å². The van der Waals surface area contributed by atoms with E-state index in [2.05, 4.69) is 40.9 Å². The highest BCUT2D eigenvalue weighted by atomic mass is 32.1. The van der Waals surface area contributed by atoms with Crippen molar-refractivity contribution in [2.75, 3.05) is 12.3 Å². The minimum atomic E-state index is -0.282. The summed E-state index contributed by atoms with van der Waals surface area (Å²) in [5.74, 6) is 0.559. The number of rotatable bonds is 8. The Morgan fingerprint density at radius 1 is 1.33 bits per heavy atom. The lowest BCUT2D eigenvalue weighted by atomic mass is 10.0. The van der Waals surface area contributed by atoms with Crippen LogP contribution in [0, 0.1) is 0 Å². The maximum Gasteiger partial charge on any atom is 0.262 e. The molecule has 0 aliphatic carbocycles. The van der Waals surface area contributed by atoms with Crippen molar-refractivity contribution in [1.29, 1.82) is 0 Å². The largest absolute Gasteiger partial charge is 0.369 e. The third-order valence-corrected chi connectivity index (χ3v) is 6.10. The normalized spacial score (nSPS) is 12.3. The van der Waals surface area contributed by atoms with Gasteiger partial charge in [0, 0.05) is 30.0 Å². The molecule has 0 saturated heterocycles. The van der Waals surface area contributed by atoms with Crippen LogP contribution in [0.2, 0.25) is 0 Å². The van der Waals surface area contributed by atoms with E-state index >= 15 is 0 Å². The number of amides is 1. The van der Waals surface area contributed by atoms with Gasteiger partial charge in [0.25, 0.3) is 11.5 Å². The number of thiophene rings is 1. The second kappa shape index (κ2) is 8.45. The number of carbonyl (C=O) groups is 1. The number of nitrogens with one attached hydrogen (secondary N) is 4. The fraction of sp³-hybridized carbons (Fsp3) is 0.333. The van der Waals surface area contributed by atoms with E-state index in [0.717, 1.165) is 29.7 Å². The number of unbranched alkanes of at least 4 members (excludes halogenated alkanes) is 1. The molecule has 1 atom stereocenters. The van der Waals surface area contributed by atoms with Crippen molar-refractivity contribution in [3.63, 3.8) is 0 Å². The first-order valence-electron chi connectivity index (χ1n) is 9.50. The molecular formula is C18H21N9O2S. The second-order valence-electron chi connectivity index (χ2n) is 6.88. The summed E-state index contributed by atoms with van der Waals surface area (Å²) >= 11 is 1.41. The Kier molecular flexibility index (Phi) is 5.57. The van der Waals surface area contributed by atoms with E-state index in [9.17, 15) is 9.59 Å². The highest BCUT2D eigenvalue weighted by Crippen LogP contribution is 2.32. The molecule has 0 aliphatic heterocycles. The molecule has 4 rings (SSSR count). The van der Waals surface area contributed by atoms with Crippen LogP contribution >= 0.6 is 11.3 Å². The molecule has 12 heteroatoms. The standard InChI is InChI=1S/C18H21N9O2S/c1-9(10-8-21-15-14(10)17(29)23-18(19)22-15)11-5-6-12(30-11)16(28)20-7-3-2-4-13-24-26-27-25-13/h5-6,8-9H,2-4,7H2,1H3,(H,20,28)(H,24,25,26,27)(H4,19,21,22,23,29). The van der Waals surface area contributed by atoms with Gasteiger partial charge in [-0.05, 0) is 30.5 Å².